The number of hydrogen-bond acceptors (Lipinski definition) is 2. The van der Waals surface area contributed by atoms with Gasteiger partial charge in [-0.25, -0.2) is 0 Å². The Hall–Kier alpha value is -0.303. The summed E-state index contributed by atoms with van der Waals surface area (Å²) in [7, 11) is 1.70. The molecule has 0 unspecified atom stereocenters. The Morgan fingerprint density at radius 3 is 2.36 bits per heavy atom. The van der Waals surface area contributed by atoms with Gasteiger partial charge in [-0.15, -0.1) is 5.92 Å². The van der Waals surface area contributed by atoms with Gasteiger partial charge < -0.3 is 8.85 Å². The Morgan fingerprint density at radius 1 is 1.27 bits per heavy atom. The van der Waals surface area contributed by atoms with Gasteiger partial charge in [0, 0.05) is 20.6 Å². The molecule has 0 aliphatic carbocycles. The lowest BCUT2D eigenvalue weighted by atomic mass is 10.3. The molecule has 0 aliphatic rings. The average molecular weight is 172 g/mol. The zero-order chi connectivity index (χ0) is 8.53. The molecular formula is C8H16O2Si. The third-order valence-corrected chi connectivity index (χ3v) is 2.60. The lowest BCUT2D eigenvalue weighted by Crippen LogP contribution is -2.16. The second kappa shape index (κ2) is 7.80. The summed E-state index contributed by atoms with van der Waals surface area (Å²) in [4.78, 5) is 0. The van der Waals surface area contributed by atoms with E-state index in [1.807, 2.05) is 0 Å². The largest absolute Gasteiger partial charge is 0.406 e. The van der Waals surface area contributed by atoms with Crippen LogP contribution in [0.2, 0.25) is 0 Å². The lowest BCUT2D eigenvalue weighted by Gasteiger charge is -2.00. The minimum atomic E-state index is -1.60. The first-order valence-electron chi connectivity index (χ1n) is 3.89. The van der Waals surface area contributed by atoms with E-state index >= 15 is 0 Å². The Balaban J connectivity index is 3.47. The van der Waals surface area contributed by atoms with Gasteiger partial charge in [0.25, 0.3) is 0 Å². The van der Waals surface area contributed by atoms with E-state index < -0.39 is 9.28 Å². The molecule has 0 radical (unpaired) electrons. The zero-order valence-corrected chi connectivity index (χ0v) is 8.67. The van der Waals surface area contributed by atoms with Gasteiger partial charge in [0.2, 0.25) is 0 Å². The minimum absolute atomic E-state index is 0.965. The van der Waals surface area contributed by atoms with Gasteiger partial charge in [-0.2, -0.15) is 0 Å². The van der Waals surface area contributed by atoms with Gasteiger partial charge in [0.15, 0.2) is 0 Å². The SMILES string of the molecule is CCCCC#C[SiH](OC)OC. The predicted molar refractivity (Wildman–Crippen MR) is 48.5 cm³/mol. The highest BCUT2D eigenvalue weighted by Crippen LogP contribution is 1.91. The average Bonchev–Trinajstić information content (AvgIpc) is 2.05. The summed E-state index contributed by atoms with van der Waals surface area (Å²) in [6.07, 6.45) is 3.33. The number of hydrogen-bond donors (Lipinski definition) is 0. The summed E-state index contributed by atoms with van der Waals surface area (Å²) in [6, 6.07) is 0. The summed E-state index contributed by atoms with van der Waals surface area (Å²) in [5, 5.41) is 0. The molecule has 0 N–H and O–H groups in total. The summed E-state index contributed by atoms with van der Waals surface area (Å²) < 4.78 is 10.0. The van der Waals surface area contributed by atoms with Gasteiger partial charge in [-0.05, 0) is 6.42 Å². The maximum absolute atomic E-state index is 5.02. The first-order chi connectivity index (χ1) is 5.35. The maximum atomic E-state index is 5.02. The van der Waals surface area contributed by atoms with Crippen LogP contribution in [0, 0.1) is 11.5 Å². The lowest BCUT2D eigenvalue weighted by molar-refractivity contribution is 0.293. The van der Waals surface area contributed by atoms with E-state index in [9.17, 15) is 0 Å². The molecule has 0 aromatic rings. The molecule has 2 nitrogen and oxygen atoms in total. The van der Waals surface area contributed by atoms with Crippen LogP contribution in [0.1, 0.15) is 26.2 Å². The third kappa shape index (κ3) is 6.11. The molecule has 0 amide bonds. The summed E-state index contributed by atoms with van der Waals surface area (Å²) in [5.41, 5.74) is 3.00. The second-order valence-corrected chi connectivity index (χ2v) is 4.12. The van der Waals surface area contributed by atoms with Crippen molar-refractivity contribution >= 4 is 9.28 Å². The Labute approximate surface area is 70.7 Å². The van der Waals surface area contributed by atoms with Crippen molar-refractivity contribution in [1.82, 2.24) is 0 Å². The van der Waals surface area contributed by atoms with Gasteiger partial charge in [0.1, 0.15) is 0 Å². The van der Waals surface area contributed by atoms with Crippen LogP contribution in [-0.4, -0.2) is 23.5 Å². The molecule has 11 heavy (non-hydrogen) atoms. The number of unbranched alkanes of at least 4 members (excludes halogenated alkanes) is 2. The summed E-state index contributed by atoms with van der Waals surface area (Å²) >= 11 is 0. The molecule has 0 aromatic heterocycles. The normalized spacial score (nSPS) is 9.45. The van der Waals surface area contributed by atoms with Crippen LogP contribution < -0.4 is 0 Å². The highest BCUT2D eigenvalue weighted by molar-refractivity contribution is 6.54. The van der Waals surface area contributed by atoms with E-state index in [1.54, 1.807) is 14.2 Å². The van der Waals surface area contributed by atoms with E-state index in [0.717, 1.165) is 6.42 Å². The highest BCUT2D eigenvalue weighted by atomic mass is 28.3. The van der Waals surface area contributed by atoms with Crippen molar-refractivity contribution in [2.75, 3.05) is 14.2 Å². The molecule has 0 aliphatic heterocycles. The van der Waals surface area contributed by atoms with Crippen LogP contribution in [0.3, 0.4) is 0 Å². The molecule has 0 bridgehead atoms. The van der Waals surface area contributed by atoms with Crippen molar-refractivity contribution in [1.29, 1.82) is 0 Å². The van der Waals surface area contributed by atoms with E-state index in [2.05, 4.69) is 18.4 Å². The molecule has 0 saturated carbocycles. The fraction of sp³-hybridized carbons (Fsp3) is 0.750. The zero-order valence-electron chi connectivity index (χ0n) is 7.52. The standard InChI is InChI=1S/C8H16O2Si/c1-4-5-6-7-8-11(9-2)10-3/h11H,4-6H2,1-3H3. The molecule has 64 valence electrons. The van der Waals surface area contributed by atoms with E-state index in [4.69, 9.17) is 8.85 Å². The Kier molecular flexibility index (Phi) is 7.59. The fourth-order valence-electron chi connectivity index (χ4n) is 0.635. The minimum Gasteiger partial charge on any atom is -0.391 e. The highest BCUT2D eigenvalue weighted by Gasteiger charge is 2.01. The number of rotatable bonds is 4. The van der Waals surface area contributed by atoms with Crippen molar-refractivity contribution < 1.29 is 8.85 Å². The molecule has 0 heterocycles. The molecule has 0 atom stereocenters. The summed E-state index contributed by atoms with van der Waals surface area (Å²) in [6.45, 7) is 2.16. The Bertz CT molecular complexity index is 133. The van der Waals surface area contributed by atoms with Crippen LogP contribution in [0.15, 0.2) is 0 Å². The van der Waals surface area contributed by atoms with Gasteiger partial charge in [-0.3, -0.25) is 0 Å². The first kappa shape index (κ1) is 10.7. The fourth-order valence-corrected chi connectivity index (χ4v) is 1.37. The van der Waals surface area contributed by atoms with Gasteiger partial charge in [0.05, 0.1) is 0 Å². The molecule has 0 spiro atoms. The molecule has 0 rings (SSSR count). The van der Waals surface area contributed by atoms with Gasteiger partial charge >= 0.3 is 9.28 Å². The van der Waals surface area contributed by atoms with Crippen LogP contribution in [-0.2, 0) is 8.85 Å². The first-order valence-corrected chi connectivity index (χ1v) is 5.41. The molecule has 0 fully saturated rings. The van der Waals surface area contributed by atoms with Crippen molar-refractivity contribution in [2.24, 2.45) is 0 Å². The monoisotopic (exact) mass is 172 g/mol. The second-order valence-electron chi connectivity index (χ2n) is 2.23. The van der Waals surface area contributed by atoms with Crippen molar-refractivity contribution in [2.45, 2.75) is 26.2 Å². The smallest absolute Gasteiger partial charge is 0.391 e. The molecular weight excluding hydrogens is 156 g/mol. The van der Waals surface area contributed by atoms with Crippen molar-refractivity contribution in [3.8, 4) is 11.5 Å². The quantitative estimate of drug-likeness (QED) is 0.361. The van der Waals surface area contributed by atoms with E-state index in [0.29, 0.717) is 0 Å². The van der Waals surface area contributed by atoms with E-state index in [-0.39, 0.29) is 0 Å². The summed E-state index contributed by atoms with van der Waals surface area (Å²) in [5.74, 6) is 3.05. The van der Waals surface area contributed by atoms with Crippen LogP contribution in [0.5, 0.6) is 0 Å². The van der Waals surface area contributed by atoms with E-state index in [1.165, 1.54) is 12.8 Å². The molecule has 3 heteroatoms. The van der Waals surface area contributed by atoms with Crippen LogP contribution in [0.25, 0.3) is 0 Å². The van der Waals surface area contributed by atoms with Crippen LogP contribution >= 0.6 is 0 Å². The van der Waals surface area contributed by atoms with Crippen LogP contribution in [0.4, 0.5) is 0 Å². The molecule has 0 aromatic carbocycles. The van der Waals surface area contributed by atoms with Crippen molar-refractivity contribution in [3.63, 3.8) is 0 Å². The maximum Gasteiger partial charge on any atom is 0.406 e. The topological polar surface area (TPSA) is 18.5 Å². The van der Waals surface area contributed by atoms with Gasteiger partial charge in [-0.1, -0.05) is 18.9 Å². The predicted octanol–water partition coefficient (Wildman–Crippen LogP) is 1.23. The Morgan fingerprint density at radius 2 is 1.91 bits per heavy atom. The third-order valence-electron chi connectivity index (χ3n) is 1.30. The molecule has 0 saturated heterocycles. The van der Waals surface area contributed by atoms with Crippen molar-refractivity contribution in [3.05, 3.63) is 0 Å².